The number of rotatable bonds is 4. The fourth-order valence-corrected chi connectivity index (χ4v) is 4.25. The van der Waals surface area contributed by atoms with E-state index >= 15 is 0 Å². The van der Waals surface area contributed by atoms with Gasteiger partial charge in [0.05, 0.1) is 19.9 Å². The van der Waals surface area contributed by atoms with Crippen molar-refractivity contribution in [3.8, 4) is 0 Å². The lowest BCUT2D eigenvalue weighted by Gasteiger charge is -2.20. The molecule has 2 aromatic rings. The monoisotopic (exact) mass is 377 g/mol. The third kappa shape index (κ3) is 3.34. The van der Waals surface area contributed by atoms with Crippen LogP contribution in [0.1, 0.15) is 29.0 Å². The molecule has 19 heavy (non-hydrogen) atoms. The van der Waals surface area contributed by atoms with E-state index < -0.39 is 0 Å². The molecule has 0 radical (unpaired) electrons. The van der Waals surface area contributed by atoms with Crippen molar-refractivity contribution in [1.82, 2.24) is 5.32 Å². The molecule has 0 bridgehead atoms. The van der Waals surface area contributed by atoms with Crippen LogP contribution < -0.4 is 5.32 Å². The Morgan fingerprint density at radius 2 is 2.05 bits per heavy atom. The average Bonchev–Trinajstić information content (AvgIpc) is 2.69. The summed E-state index contributed by atoms with van der Waals surface area (Å²) in [5.74, 6) is 0. The Morgan fingerprint density at radius 3 is 2.63 bits per heavy atom. The van der Waals surface area contributed by atoms with Crippen LogP contribution >= 0.6 is 50.5 Å². The SMILES string of the molecule is CCNC(c1cc(Br)sc1C)c1cccc(Cl)c1Cl. The van der Waals surface area contributed by atoms with Gasteiger partial charge in [0.25, 0.3) is 0 Å². The van der Waals surface area contributed by atoms with Crippen molar-refractivity contribution in [2.75, 3.05) is 6.54 Å². The van der Waals surface area contributed by atoms with Crippen LogP contribution in [0.25, 0.3) is 0 Å². The first-order valence-electron chi connectivity index (χ1n) is 5.97. The number of hydrogen-bond acceptors (Lipinski definition) is 2. The van der Waals surface area contributed by atoms with Crippen molar-refractivity contribution < 1.29 is 0 Å². The van der Waals surface area contributed by atoms with Crippen LogP contribution in [0.4, 0.5) is 0 Å². The number of benzene rings is 1. The van der Waals surface area contributed by atoms with Gasteiger partial charge in [-0.25, -0.2) is 0 Å². The largest absolute Gasteiger partial charge is 0.306 e. The van der Waals surface area contributed by atoms with Gasteiger partial charge in [0, 0.05) is 4.88 Å². The second-order valence-corrected chi connectivity index (χ2v) is 7.62. The van der Waals surface area contributed by atoms with Gasteiger partial charge in [0.2, 0.25) is 0 Å². The molecule has 1 unspecified atom stereocenters. The van der Waals surface area contributed by atoms with Gasteiger partial charge in [0.1, 0.15) is 0 Å². The molecule has 102 valence electrons. The molecule has 1 atom stereocenters. The Hall–Kier alpha value is -0.0600. The normalized spacial score (nSPS) is 12.7. The Kier molecular flexibility index (Phi) is 5.32. The maximum Gasteiger partial charge on any atom is 0.0704 e. The van der Waals surface area contributed by atoms with Crippen LogP contribution in [0.5, 0.6) is 0 Å². The van der Waals surface area contributed by atoms with Crippen molar-refractivity contribution in [3.63, 3.8) is 0 Å². The van der Waals surface area contributed by atoms with E-state index in [1.807, 2.05) is 18.2 Å². The van der Waals surface area contributed by atoms with E-state index in [9.17, 15) is 0 Å². The summed E-state index contributed by atoms with van der Waals surface area (Å²) in [5.41, 5.74) is 2.26. The van der Waals surface area contributed by atoms with Crippen LogP contribution in [0.15, 0.2) is 28.1 Å². The lowest BCUT2D eigenvalue weighted by Crippen LogP contribution is -2.22. The second-order valence-electron chi connectivity index (χ2n) is 4.20. The topological polar surface area (TPSA) is 12.0 Å². The van der Waals surface area contributed by atoms with E-state index in [0.717, 1.165) is 15.9 Å². The molecule has 0 fully saturated rings. The van der Waals surface area contributed by atoms with Crippen molar-refractivity contribution >= 4 is 50.5 Å². The smallest absolute Gasteiger partial charge is 0.0704 e. The van der Waals surface area contributed by atoms with Gasteiger partial charge in [-0.1, -0.05) is 42.3 Å². The minimum absolute atomic E-state index is 0.0683. The lowest BCUT2D eigenvalue weighted by molar-refractivity contribution is 0.630. The van der Waals surface area contributed by atoms with E-state index in [-0.39, 0.29) is 6.04 Å². The molecule has 5 heteroatoms. The number of halogens is 3. The molecular formula is C14H14BrCl2NS. The van der Waals surface area contributed by atoms with Gasteiger partial charge in [-0.3, -0.25) is 0 Å². The van der Waals surface area contributed by atoms with Gasteiger partial charge < -0.3 is 5.32 Å². The molecule has 1 aromatic carbocycles. The second kappa shape index (κ2) is 6.59. The van der Waals surface area contributed by atoms with Gasteiger partial charge in [-0.05, 0) is 52.7 Å². The Morgan fingerprint density at radius 1 is 1.32 bits per heavy atom. The molecule has 0 aliphatic rings. The van der Waals surface area contributed by atoms with Crippen molar-refractivity contribution in [3.05, 3.63) is 54.1 Å². The first-order valence-corrected chi connectivity index (χ1v) is 8.34. The van der Waals surface area contributed by atoms with Gasteiger partial charge in [-0.15, -0.1) is 11.3 Å². The summed E-state index contributed by atoms with van der Waals surface area (Å²) >= 11 is 17.7. The molecule has 0 amide bonds. The molecule has 1 heterocycles. The van der Waals surface area contributed by atoms with Crippen LogP contribution in [0.2, 0.25) is 10.0 Å². The standard InChI is InChI=1S/C14H14BrCl2NS/c1-3-18-14(10-7-12(15)19-8(10)2)9-5-4-6-11(16)13(9)17/h4-7,14,18H,3H2,1-2H3. The Labute approximate surface area is 136 Å². The third-order valence-corrected chi connectivity index (χ3v) is 5.34. The zero-order chi connectivity index (χ0) is 14.0. The van der Waals surface area contributed by atoms with Gasteiger partial charge >= 0.3 is 0 Å². The molecule has 0 aliphatic heterocycles. The molecule has 0 saturated carbocycles. The first kappa shape index (κ1) is 15.3. The van der Waals surface area contributed by atoms with Crippen LogP contribution in [0.3, 0.4) is 0 Å². The summed E-state index contributed by atoms with van der Waals surface area (Å²) < 4.78 is 1.13. The molecule has 0 aliphatic carbocycles. The zero-order valence-corrected chi connectivity index (χ0v) is 14.6. The van der Waals surface area contributed by atoms with E-state index in [4.69, 9.17) is 23.2 Å². The Bertz CT molecular complexity index is 583. The van der Waals surface area contributed by atoms with E-state index in [1.165, 1.54) is 10.4 Å². The molecule has 2 rings (SSSR count). The van der Waals surface area contributed by atoms with Crippen LogP contribution in [-0.4, -0.2) is 6.54 Å². The molecule has 0 saturated heterocycles. The highest BCUT2D eigenvalue weighted by Crippen LogP contribution is 2.37. The predicted octanol–water partition coefficient (Wildman–Crippen LogP) is 5.82. The maximum atomic E-state index is 6.35. The summed E-state index contributed by atoms with van der Waals surface area (Å²) in [6.45, 7) is 5.07. The molecule has 1 nitrogen and oxygen atoms in total. The summed E-state index contributed by atoms with van der Waals surface area (Å²) in [4.78, 5) is 1.27. The molecule has 0 spiro atoms. The third-order valence-electron chi connectivity index (χ3n) is 2.94. The van der Waals surface area contributed by atoms with Crippen LogP contribution in [0, 0.1) is 6.92 Å². The zero-order valence-electron chi connectivity index (χ0n) is 10.6. The summed E-state index contributed by atoms with van der Waals surface area (Å²) in [5, 5.41) is 4.69. The highest BCUT2D eigenvalue weighted by Gasteiger charge is 2.20. The fraction of sp³-hybridized carbons (Fsp3) is 0.286. The number of nitrogens with one attached hydrogen (secondary N) is 1. The summed E-state index contributed by atoms with van der Waals surface area (Å²) in [6.07, 6.45) is 0. The average molecular weight is 379 g/mol. The molecule has 1 N–H and O–H groups in total. The van der Waals surface area contributed by atoms with E-state index in [1.54, 1.807) is 11.3 Å². The molecular weight excluding hydrogens is 365 g/mol. The summed E-state index contributed by atoms with van der Waals surface area (Å²) in [7, 11) is 0. The van der Waals surface area contributed by atoms with Crippen molar-refractivity contribution in [1.29, 1.82) is 0 Å². The van der Waals surface area contributed by atoms with Crippen molar-refractivity contribution in [2.24, 2.45) is 0 Å². The maximum absolute atomic E-state index is 6.35. The van der Waals surface area contributed by atoms with E-state index in [0.29, 0.717) is 10.0 Å². The first-order chi connectivity index (χ1) is 9.04. The van der Waals surface area contributed by atoms with Crippen LogP contribution in [-0.2, 0) is 0 Å². The van der Waals surface area contributed by atoms with E-state index in [2.05, 4.69) is 41.2 Å². The molecule has 1 aromatic heterocycles. The minimum Gasteiger partial charge on any atom is -0.306 e. The number of thiophene rings is 1. The Balaban J connectivity index is 2.51. The van der Waals surface area contributed by atoms with Gasteiger partial charge in [-0.2, -0.15) is 0 Å². The van der Waals surface area contributed by atoms with Crippen molar-refractivity contribution in [2.45, 2.75) is 19.9 Å². The highest BCUT2D eigenvalue weighted by molar-refractivity contribution is 9.11. The highest BCUT2D eigenvalue weighted by atomic mass is 79.9. The predicted molar refractivity (Wildman–Crippen MR) is 88.7 cm³/mol. The quantitative estimate of drug-likeness (QED) is 0.706. The number of aryl methyl sites for hydroxylation is 1. The van der Waals surface area contributed by atoms with Gasteiger partial charge in [0.15, 0.2) is 0 Å². The minimum atomic E-state index is 0.0683. The lowest BCUT2D eigenvalue weighted by atomic mass is 9.99. The number of hydrogen-bond donors (Lipinski definition) is 1. The fourth-order valence-electron chi connectivity index (χ4n) is 2.08. The summed E-state index contributed by atoms with van der Waals surface area (Å²) in [6, 6.07) is 7.98.